The maximum Gasteiger partial charge on any atom is 0.308 e. The van der Waals surface area contributed by atoms with E-state index in [2.05, 4.69) is 34.6 Å². The zero-order valence-corrected chi connectivity index (χ0v) is 30.0. The van der Waals surface area contributed by atoms with Gasteiger partial charge in [-0.05, 0) is 63.7 Å². The third-order valence-electron chi connectivity index (χ3n) is 13.1. The molecule has 0 amide bonds. The first-order valence-corrected chi connectivity index (χ1v) is 18.1. The van der Waals surface area contributed by atoms with E-state index in [0.717, 1.165) is 32.1 Å². The summed E-state index contributed by atoms with van der Waals surface area (Å²) in [7, 11) is 1.52. The first-order chi connectivity index (χ1) is 22.0. The van der Waals surface area contributed by atoms with Crippen LogP contribution in [0.4, 0.5) is 0 Å². The minimum absolute atomic E-state index is 0.0712. The van der Waals surface area contributed by atoms with Crippen LogP contribution in [0.3, 0.4) is 0 Å². The highest BCUT2D eigenvalue weighted by atomic mass is 16.7. The fraction of sp³-hybridized carbons (Fsp3) is 0.972. The number of aliphatic hydroxyl groups is 3. The third kappa shape index (κ3) is 6.67. The average molecular weight is 671 g/mol. The molecular formula is C36H62O11. The fourth-order valence-electron chi connectivity index (χ4n) is 9.98. The Morgan fingerprint density at radius 3 is 2.32 bits per heavy atom. The van der Waals surface area contributed by atoms with Crippen LogP contribution in [-0.4, -0.2) is 106 Å². The Labute approximate surface area is 281 Å². The van der Waals surface area contributed by atoms with Crippen molar-refractivity contribution >= 4 is 5.97 Å². The normalized spacial score (nSPS) is 50.9. The minimum Gasteiger partial charge on any atom is -0.481 e. The Morgan fingerprint density at radius 1 is 1.00 bits per heavy atom. The van der Waals surface area contributed by atoms with E-state index in [0.29, 0.717) is 19.3 Å². The predicted molar refractivity (Wildman–Crippen MR) is 172 cm³/mol. The molecule has 0 aromatic rings. The molecule has 0 aromatic heterocycles. The van der Waals surface area contributed by atoms with Crippen LogP contribution in [0.1, 0.15) is 107 Å². The standard InChI is InChI=1S/C36H62O11/c1-10-34(31-20(3)14-27(43-31)29-19(2)13-21(4)36(41,18-37)46-29)12-11-28(45-34)33(8)22(5)16-35(47-33)17-25(38)15-26(44-35)23(6)30(42-9)24(7)32(39)40/h19-31,37-38,41H,10-18H2,1-9H3,(H,39,40). The molecular weight excluding hydrogens is 608 g/mol. The highest BCUT2D eigenvalue weighted by Gasteiger charge is 2.63. The maximum atomic E-state index is 11.8. The van der Waals surface area contributed by atoms with Crippen molar-refractivity contribution in [3.8, 4) is 0 Å². The lowest BCUT2D eigenvalue weighted by Crippen LogP contribution is -2.56. The van der Waals surface area contributed by atoms with Gasteiger partial charge in [0.05, 0.1) is 66.5 Å². The van der Waals surface area contributed by atoms with Gasteiger partial charge < -0.3 is 48.8 Å². The molecule has 5 aliphatic heterocycles. The lowest BCUT2D eigenvalue weighted by atomic mass is 9.79. The van der Waals surface area contributed by atoms with E-state index in [1.54, 1.807) is 6.92 Å². The van der Waals surface area contributed by atoms with Crippen LogP contribution in [0.2, 0.25) is 0 Å². The van der Waals surface area contributed by atoms with Crippen molar-refractivity contribution in [1.82, 2.24) is 0 Å². The largest absolute Gasteiger partial charge is 0.481 e. The molecule has 4 N–H and O–H groups in total. The van der Waals surface area contributed by atoms with Gasteiger partial charge in [-0.3, -0.25) is 4.79 Å². The van der Waals surface area contributed by atoms with E-state index in [9.17, 15) is 25.2 Å². The van der Waals surface area contributed by atoms with Crippen LogP contribution in [-0.2, 0) is 33.2 Å². The summed E-state index contributed by atoms with van der Waals surface area (Å²) < 4.78 is 39.5. The average Bonchev–Trinajstić information content (AvgIpc) is 3.69. The second-order valence-corrected chi connectivity index (χ2v) is 16.3. The topological polar surface area (TPSA) is 153 Å². The number of rotatable bonds is 10. The Kier molecular flexibility index (Phi) is 10.9. The van der Waals surface area contributed by atoms with Crippen molar-refractivity contribution in [1.29, 1.82) is 0 Å². The molecule has 0 bridgehead atoms. The number of carbonyl (C=O) groups is 1. The number of methoxy groups -OCH3 is 1. The van der Waals surface area contributed by atoms with E-state index in [1.165, 1.54) is 7.11 Å². The molecule has 11 heteroatoms. The number of carboxylic acid groups (broad SMARTS) is 1. The van der Waals surface area contributed by atoms with Crippen LogP contribution in [0.25, 0.3) is 0 Å². The number of hydrogen-bond acceptors (Lipinski definition) is 10. The van der Waals surface area contributed by atoms with E-state index >= 15 is 0 Å². The smallest absolute Gasteiger partial charge is 0.308 e. The Balaban J connectivity index is 1.30. The van der Waals surface area contributed by atoms with Gasteiger partial charge in [-0.2, -0.15) is 0 Å². The summed E-state index contributed by atoms with van der Waals surface area (Å²) in [5.41, 5.74) is -1.19. The summed E-state index contributed by atoms with van der Waals surface area (Å²) in [6.45, 7) is 15.8. The van der Waals surface area contributed by atoms with Crippen molar-refractivity contribution < 1.29 is 53.6 Å². The van der Waals surface area contributed by atoms with E-state index < -0.39 is 59.6 Å². The van der Waals surface area contributed by atoms with Crippen molar-refractivity contribution in [2.45, 2.75) is 172 Å². The maximum absolute atomic E-state index is 11.8. The van der Waals surface area contributed by atoms with Crippen LogP contribution in [0, 0.1) is 35.5 Å². The van der Waals surface area contributed by atoms with Gasteiger partial charge in [-0.25, -0.2) is 0 Å². The lowest BCUT2D eigenvalue weighted by molar-refractivity contribution is -0.328. The first-order valence-electron chi connectivity index (χ1n) is 18.1. The third-order valence-corrected chi connectivity index (χ3v) is 13.1. The molecule has 0 saturated carbocycles. The van der Waals surface area contributed by atoms with Crippen LogP contribution in [0.5, 0.6) is 0 Å². The van der Waals surface area contributed by atoms with Gasteiger partial charge in [0.2, 0.25) is 0 Å². The van der Waals surface area contributed by atoms with Gasteiger partial charge in [0.1, 0.15) is 0 Å². The molecule has 0 radical (unpaired) electrons. The molecule has 5 aliphatic rings. The molecule has 5 fully saturated rings. The monoisotopic (exact) mass is 670 g/mol. The summed E-state index contributed by atoms with van der Waals surface area (Å²) in [6.07, 6.45) is 2.68. The molecule has 5 saturated heterocycles. The van der Waals surface area contributed by atoms with Crippen molar-refractivity contribution in [2.24, 2.45) is 35.5 Å². The first kappa shape index (κ1) is 37.4. The SMILES string of the molecule is CCC1(C2OC(C3OC(O)(CO)C(C)CC3C)CC2C)CCC(C2(C)OC3(CC(O)CC(C(C)C(OC)C(C)C(=O)O)O3)CC2C)O1. The summed E-state index contributed by atoms with van der Waals surface area (Å²) in [6, 6.07) is 0. The van der Waals surface area contributed by atoms with Gasteiger partial charge in [-0.1, -0.05) is 41.5 Å². The fourth-order valence-corrected chi connectivity index (χ4v) is 9.98. The number of aliphatic carboxylic acids is 1. The van der Waals surface area contributed by atoms with Crippen molar-refractivity contribution in [3.05, 3.63) is 0 Å². The molecule has 272 valence electrons. The van der Waals surface area contributed by atoms with Gasteiger partial charge in [-0.15, -0.1) is 0 Å². The predicted octanol–water partition coefficient (Wildman–Crippen LogP) is 4.27. The van der Waals surface area contributed by atoms with Gasteiger partial charge in [0.25, 0.3) is 0 Å². The number of ether oxygens (including phenoxy) is 6. The molecule has 5 rings (SSSR count). The molecule has 17 unspecified atom stereocenters. The zero-order chi connectivity index (χ0) is 34.7. The Morgan fingerprint density at radius 2 is 1.70 bits per heavy atom. The molecule has 1 spiro atoms. The Bertz CT molecular complexity index is 1110. The molecule has 5 heterocycles. The summed E-state index contributed by atoms with van der Waals surface area (Å²) in [5, 5.41) is 41.6. The highest BCUT2D eigenvalue weighted by molar-refractivity contribution is 5.70. The molecule has 17 atom stereocenters. The molecule has 0 aliphatic carbocycles. The molecule has 47 heavy (non-hydrogen) atoms. The van der Waals surface area contributed by atoms with Crippen molar-refractivity contribution in [3.63, 3.8) is 0 Å². The quantitative estimate of drug-likeness (QED) is 0.264. The van der Waals surface area contributed by atoms with E-state index in [-0.39, 0.29) is 54.0 Å². The van der Waals surface area contributed by atoms with Gasteiger partial charge in [0, 0.05) is 38.2 Å². The van der Waals surface area contributed by atoms with E-state index in [1.807, 2.05) is 13.8 Å². The number of hydrogen-bond donors (Lipinski definition) is 4. The Hall–Kier alpha value is -0.890. The number of aliphatic hydroxyl groups excluding tert-OH is 2. The van der Waals surface area contributed by atoms with E-state index in [4.69, 9.17) is 28.4 Å². The van der Waals surface area contributed by atoms with Crippen LogP contribution >= 0.6 is 0 Å². The van der Waals surface area contributed by atoms with Crippen molar-refractivity contribution in [2.75, 3.05) is 13.7 Å². The summed E-state index contributed by atoms with van der Waals surface area (Å²) >= 11 is 0. The summed E-state index contributed by atoms with van der Waals surface area (Å²) in [4.78, 5) is 11.8. The van der Waals surface area contributed by atoms with Gasteiger partial charge in [0.15, 0.2) is 11.6 Å². The molecule has 0 aromatic carbocycles. The molecule has 11 nitrogen and oxygen atoms in total. The summed E-state index contributed by atoms with van der Waals surface area (Å²) in [5.74, 6) is -4.23. The minimum atomic E-state index is -1.57. The van der Waals surface area contributed by atoms with Crippen LogP contribution in [0.15, 0.2) is 0 Å². The second kappa shape index (κ2) is 13.7. The number of carboxylic acids is 1. The lowest BCUT2D eigenvalue weighted by Gasteiger charge is -2.46. The van der Waals surface area contributed by atoms with Gasteiger partial charge >= 0.3 is 5.97 Å². The second-order valence-electron chi connectivity index (χ2n) is 16.3. The van der Waals surface area contributed by atoms with Crippen LogP contribution < -0.4 is 0 Å². The zero-order valence-electron chi connectivity index (χ0n) is 30.0. The highest BCUT2D eigenvalue weighted by Crippen LogP contribution is 2.56.